The van der Waals surface area contributed by atoms with Gasteiger partial charge in [0.05, 0.1) is 5.92 Å². The number of anilines is 1. The Morgan fingerprint density at radius 3 is 1.90 bits per heavy atom. The van der Waals surface area contributed by atoms with Gasteiger partial charge in [0.15, 0.2) is 23.3 Å². The standard InChI is InChI=1S/C12H10F5NO2/c13-6-7(14)9(16)11(10(17)8(6)15)18-5-2-1-4(3-5)12(19)20/h4-5,18H,1-3H2,(H,19,20)/t4-,5+/m1/s1. The number of hydrogen-bond donors (Lipinski definition) is 2. The molecule has 1 aromatic carbocycles. The van der Waals surface area contributed by atoms with E-state index in [-0.39, 0.29) is 19.3 Å². The first-order valence-electron chi connectivity index (χ1n) is 5.83. The number of nitrogens with one attached hydrogen (secondary N) is 1. The van der Waals surface area contributed by atoms with Gasteiger partial charge in [-0.1, -0.05) is 0 Å². The lowest BCUT2D eigenvalue weighted by molar-refractivity contribution is -0.141. The lowest BCUT2D eigenvalue weighted by atomic mass is 10.1. The maximum absolute atomic E-state index is 13.4. The first kappa shape index (κ1) is 14.5. The highest BCUT2D eigenvalue weighted by Gasteiger charge is 2.32. The Balaban J connectivity index is 2.25. The summed E-state index contributed by atoms with van der Waals surface area (Å²) in [6.07, 6.45) is 0.619. The van der Waals surface area contributed by atoms with Crippen LogP contribution in [0.2, 0.25) is 0 Å². The number of hydrogen-bond acceptors (Lipinski definition) is 2. The van der Waals surface area contributed by atoms with Crippen molar-refractivity contribution in [3.63, 3.8) is 0 Å². The minimum Gasteiger partial charge on any atom is -0.481 e. The van der Waals surface area contributed by atoms with Gasteiger partial charge in [0.25, 0.3) is 0 Å². The van der Waals surface area contributed by atoms with Crippen LogP contribution in [0, 0.1) is 35.0 Å². The molecule has 0 bridgehead atoms. The number of benzene rings is 1. The molecule has 0 aliphatic heterocycles. The average molecular weight is 295 g/mol. The first-order valence-corrected chi connectivity index (χ1v) is 5.83. The van der Waals surface area contributed by atoms with E-state index in [1.807, 2.05) is 0 Å². The Hall–Kier alpha value is -1.86. The number of aliphatic carboxylic acids is 1. The molecule has 1 saturated carbocycles. The summed E-state index contributed by atoms with van der Waals surface area (Å²) >= 11 is 0. The average Bonchev–Trinajstić information content (AvgIpc) is 2.88. The smallest absolute Gasteiger partial charge is 0.306 e. The van der Waals surface area contributed by atoms with Crippen LogP contribution in [0.5, 0.6) is 0 Å². The molecule has 0 saturated heterocycles. The van der Waals surface area contributed by atoms with Gasteiger partial charge < -0.3 is 10.4 Å². The minimum absolute atomic E-state index is 0.0643. The van der Waals surface area contributed by atoms with Crippen LogP contribution in [0.4, 0.5) is 27.6 Å². The maximum Gasteiger partial charge on any atom is 0.306 e. The molecule has 0 aromatic heterocycles. The fourth-order valence-corrected chi connectivity index (χ4v) is 2.27. The van der Waals surface area contributed by atoms with Gasteiger partial charge in [0.2, 0.25) is 5.82 Å². The summed E-state index contributed by atoms with van der Waals surface area (Å²) in [5.41, 5.74) is -1.11. The van der Waals surface area contributed by atoms with Crippen LogP contribution in [0.15, 0.2) is 0 Å². The van der Waals surface area contributed by atoms with Gasteiger partial charge in [0.1, 0.15) is 5.69 Å². The van der Waals surface area contributed by atoms with E-state index in [0.717, 1.165) is 0 Å². The maximum atomic E-state index is 13.4. The molecule has 1 aromatic rings. The Kier molecular flexibility index (Phi) is 3.82. The van der Waals surface area contributed by atoms with Crippen molar-refractivity contribution in [2.24, 2.45) is 5.92 Å². The summed E-state index contributed by atoms with van der Waals surface area (Å²) in [7, 11) is 0. The van der Waals surface area contributed by atoms with Gasteiger partial charge in [-0.3, -0.25) is 4.79 Å². The van der Waals surface area contributed by atoms with Crippen molar-refractivity contribution >= 4 is 11.7 Å². The highest BCUT2D eigenvalue weighted by molar-refractivity contribution is 5.70. The second-order valence-electron chi connectivity index (χ2n) is 4.63. The quantitative estimate of drug-likeness (QED) is 0.512. The summed E-state index contributed by atoms with van der Waals surface area (Å²) in [6.45, 7) is 0. The van der Waals surface area contributed by atoms with Gasteiger partial charge in [0, 0.05) is 6.04 Å². The third-order valence-electron chi connectivity index (χ3n) is 3.34. The molecule has 1 aliphatic carbocycles. The molecular formula is C12H10F5NO2. The summed E-state index contributed by atoms with van der Waals surface area (Å²) in [5.74, 6) is -11.9. The molecule has 2 rings (SSSR count). The summed E-state index contributed by atoms with van der Waals surface area (Å²) in [6, 6.07) is -0.649. The fraction of sp³-hybridized carbons (Fsp3) is 0.417. The van der Waals surface area contributed by atoms with E-state index < -0.39 is 52.7 Å². The van der Waals surface area contributed by atoms with E-state index in [1.54, 1.807) is 0 Å². The van der Waals surface area contributed by atoms with E-state index in [0.29, 0.717) is 0 Å². The third-order valence-corrected chi connectivity index (χ3v) is 3.34. The predicted octanol–water partition coefficient (Wildman–Crippen LogP) is 3.05. The van der Waals surface area contributed by atoms with Gasteiger partial charge in [-0.2, -0.15) is 0 Å². The van der Waals surface area contributed by atoms with Crippen LogP contribution in [-0.2, 0) is 4.79 Å². The molecule has 110 valence electrons. The van der Waals surface area contributed by atoms with Crippen LogP contribution in [0.3, 0.4) is 0 Å². The number of carboxylic acids is 1. The zero-order valence-electron chi connectivity index (χ0n) is 10.0. The number of carbonyl (C=O) groups is 1. The van der Waals surface area contributed by atoms with Crippen LogP contribution < -0.4 is 5.32 Å². The monoisotopic (exact) mass is 295 g/mol. The van der Waals surface area contributed by atoms with Gasteiger partial charge in [-0.25, -0.2) is 22.0 Å². The Morgan fingerprint density at radius 2 is 1.45 bits per heavy atom. The highest BCUT2D eigenvalue weighted by Crippen LogP contribution is 2.32. The first-order chi connectivity index (χ1) is 9.32. The molecule has 0 heterocycles. The molecule has 0 radical (unpaired) electrons. The van der Waals surface area contributed by atoms with E-state index in [2.05, 4.69) is 5.32 Å². The van der Waals surface area contributed by atoms with Crippen molar-refractivity contribution in [3.05, 3.63) is 29.1 Å². The molecule has 1 fully saturated rings. The van der Waals surface area contributed by atoms with Crippen LogP contribution in [0.25, 0.3) is 0 Å². The lowest BCUT2D eigenvalue weighted by Crippen LogP contribution is -2.20. The number of rotatable bonds is 3. The molecule has 2 N–H and O–H groups in total. The fourth-order valence-electron chi connectivity index (χ4n) is 2.27. The van der Waals surface area contributed by atoms with Gasteiger partial charge >= 0.3 is 5.97 Å². The zero-order chi connectivity index (χ0) is 15.0. The second kappa shape index (κ2) is 5.26. The van der Waals surface area contributed by atoms with E-state index in [9.17, 15) is 26.7 Å². The van der Waals surface area contributed by atoms with Crippen molar-refractivity contribution < 1.29 is 31.9 Å². The Labute approximate surface area is 110 Å². The zero-order valence-corrected chi connectivity index (χ0v) is 10.0. The third kappa shape index (κ3) is 2.41. The number of carboxylic acid groups (broad SMARTS) is 1. The Bertz CT molecular complexity index is 534. The second-order valence-corrected chi connectivity index (χ2v) is 4.63. The normalized spacial score (nSPS) is 22.1. The SMILES string of the molecule is O=C(O)[C@@H]1CC[C@H](Nc2c(F)c(F)c(F)c(F)c2F)C1. The molecule has 0 spiro atoms. The molecule has 0 amide bonds. The molecule has 1 aliphatic rings. The topological polar surface area (TPSA) is 49.3 Å². The van der Waals surface area contributed by atoms with Gasteiger partial charge in [-0.15, -0.1) is 0 Å². The van der Waals surface area contributed by atoms with Crippen LogP contribution in [0.1, 0.15) is 19.3 Å². The molecule has 2 atom stereocenters. The highest BCUT2D eigenvalue weighted by atomic mass is 19.2. The van der Waals surface area contributed by atoms with Crippen molar-refractivity contribution in [1.29, 1.82) is 0 Å². The van der Waals surface area contributed by atoms with Crippen molar-refractivity contribution in [3.8, 4) is 0 Å². The summed E-state index contributed by atoms with van der Waals surface area (Å²) < 4.78 is 65.6. The molecular weight excluding hydrogens is 285 g/mol. The van der Waals surface area contributed by atoms with Crippen molar-refractivity contribution in [2.45, 2.75) is 25.3 Å². The molecule has 0 unspecified atom stereocenters. The Morgan fingerprint density at radius 1 is 0.950 bits per heavy atom. The molecule has 3 nitrogen and oxygen atoms in total. The summed E-state index contributed by atoms with van der Waals surface area (Å²) in [4.78, 5) is 10.7. The molecule has 8 heteroatoms. The minimum atomic E-state index is -2.22. The van der Waals surface area contributed by atoms with Crippen molar-refractivity contribution in [1.82, 2.24) is 0 Å². The predicted molar refractivity (Wildman–Crippen MR) is 58.6 cm³/mol. The lowest BCUT2D eigenvalue weighted by Gasteiger charge is -2.16. The van der Waals surface area contributed by atoms with E-state index in [1.165, 1.54) is 0 Å². The van der Waals surface area contributed by atoms with E-state index >= 15 is 0 Å². The van der Waals surface area contributed by atoms with E-state index in [4.69, 9.17) is 5.11 Å². The van der Waals surface area contributed by atoms with Crippen LogP contribution >= 0.6 is 0 Å². The number of halogens is 5. The summed E-state index contributed by atoms with van der Waals surface area (Å²) in [5, 5.41) is 11.0. The van der Waals surface area contributed by atoms with Crippen molar-refractivity contribution in [2.75, 3.05) is 5.32 Å². The van der Waals surface area contributed by atoms with Gasteiger partial charge in [-0.05, 0) is 19.3 Å². The largest absolute Gasteiger partial charge is 0.481 e. The molecule has 20 heavy (non-hydrogen) atoms. The van der Waals surface area contributed by atoms with Crippen LogP contribution in [-0.4, -0.2) is 17.1 Å².